The first kappa shape index (κ1) is 32.4. The highest BCUT2D eigenvalue weighted by molar-refractivity contribution is 6.10. The molecule has 44 heavy (non-hydrogen) atoms. The molecule has 0 spiro atoms. The molecule has 4 unspecified atom stereocenters. The van der Waals surface area contributed by atoms with Crippen molar-refractivity contribution in [2.45, 2.75) is 52.6 Å². The summed E-state index contributed by atoms with van der Waals surface area (Å²) >= 11 is 0. The molecule has 0 bridgehead atoms. The Morgan fingerprint density at radius 2 is 1.39 bits per heavy atom. The number of ether oxygens (including phenoxy) is 1. The minimum absolute atomic E-state index is 0.138. The van der Waals surface area contributed by atoms with Crippen molar-refractivity contribution in [3.63, 3.8) is 0 Å². The number of nitrogens with zero attached hydrogens (tertiary/aromatic N) is 1. The summed E-state index contributed by atoms with van der Waals surface area (Å²) < 4.78 is 5.72. The first-order valence-corrected chi connectivity index (χ1v) is 14.9. The second-order valence-electron chi connectivity index (χ2n) is 11.5. The van der Waals surface area contributed by atoms with Crippen molar-refractivity contribution in [2.24, 2.45) is 11.8 Å². The smallest absolute Gasteiger partial charge is 0.260 e. The van der Waals surface area contributed by atoms with E-state index in [2.05, 4.69) is 10.6 Å². The van der Waals surface area contributed by atoms with Crippen molar-refractivity contribution in [1.29, 1.82) is 0 Å². The molecule has 1 saturated carbocycles. The van der Waals surface area contributed by atoms with Crippen molar-refractivity contribution in [1.82, 2.24) is 4.90 Å². The fourth-order valence-electron chi connectivity index (χ4n) is 5.94. The van der Waals surface area contributed by atoms with E-state index in [0.717, 1.165) is 11.1 Å². The van der Waals surface area contributed by atoms with Crippen LogP contribution in [0.3, 0.4) is 0 Å². The molecular formula is C35H41N3O6. The summed E-state index contributed by atoms with van der Waals surface area (Å²) in [6, 6.07) is 21.2. The number of aryl methyl sites for hydroxylation is 2. The third kappa shape index (κ3) is 7.17. The number of nitrogens with one attached hydrogen (secondary N) is 2. The summed E-state index contributed by atoms with van der Waals surface area (Å²) in [4.78, 5) is 55.6. The molecule has 0 aliphatic heterocycles. The van der Waals surface area contributed by atoms with E-state index in [1.807, 2.05) is 52.0 Å². The summed E-state index contributed by atoms with van der Waals surface area (Å²) in [5, 5.41) is 17.4. The summed E-state index contributed by atoms with van der Waals surface area (Å²) in [5.74, 6) is -4.63. The van der Waals surface area contributed by atoms with Crippen LogP contribution < -0.4 is 15.4 Å². The fraction of sp³-hybridized carbons (Fsp3) is 0.371. The zero-order valence-electron chi connectivity index (χ0n) is 25.9. The molecule has 0 aromatic heterocycles. The minimum Gasteiger partial charge on any atom is -0.484 e. The summed E-state index contributed by atoms with van der Waals surface area (Å²) in [6.07, 6.45) is -0.365. The molecule has 4 atom stereocenters. The number of likely N-dealkylation sites (N-methyl/N-ethyl adjacent to an activating group) is 1. The zero-order chi connectivity index (χ0) is 32.0. The van der Waals surface area contributed by atoms with Crippen molar-refractivity contribution >= 4 is 34.9 Å². The molecule has 9 nitrogen and oxygen atoms in total. The van der Waals surface area contributed by atoms with Gasteiger partial charge in [-0.25, -0.2) is 0 Å². The van der Waals surface area contributed by atoms with E-state index in [1.165, 1.54) is 6.92 Å². The number of hydrogen-bond acceptors (Lipinski definition) is 6. The second-order valence-corrected chi connectivity index (χ2v) is 11.5. The van der Waals surface area contributed by atoms with Gasteiger partial charge in [0.1, 0.15) is 17.5 Å². The van der Waals surface area contributed by atoms with Crippen LogP contribution in [0.15, 0.2) is 72.8 Å². The van der Waals surface area contributed by atoms with Crippen LogP contribution in [0.2, 0.25) is 0 Å². The summed E-state index contributed by atoms with van der Waals surface area (Å²) in [5.41, 5.74) is 1.56. The number of hydrogen-bond donors (Lipinski definition) is 3. The first-order chi connectivity index (χ1) is 21.0. The highest BCUT2D eigenvalue weighted by atomic mass is 16.5. The second kappa shape index (κ2) is 13.9. The predicted molar refractivity (Wildman–Crippen MR) is 169 cm³/mol. The number of ketones is 1. The molecule has 1 aliphatic rings. The Labute approximate surface area is 258 Å². The minimum atomic E-state index is -1.74. The lowest BCUT2D eigenvalue weighted by Crippen LogP contribution is -2.56. The lowest BCUT2D eigenvalue weighted by molar-refractivity contribution is -0.150. The van der Waals surface area contributed by atoms with Crippen LogP contribution in [0.5, 0.6) is 5.75 Å². The van der Waals surface area contributed by atoms with Crippen molar-refractivity contribution in [3.05, 3.63) is 89.5 Å². The van der Waals surface area contributed by atoms with Gasteiger partial charge < -0.3 is 25.4 Å². The van der Waals surface area contributed by atoms with Gasteiger partial charge in [0.25, 0.3) is 5.91 Å². The van der Waals surface area contributed by atoms with Gasteiger partial charge in [0.2, 0.25) is 11.8 Å². The predicted octanol–water partition coefficient (Wildman–Crippen LogP) is 4.87. The van der Waals surface area contributed by atoms with E-state index in [1.54, 1.807) is 53.4 Å². The molecule has 9 heteroatoms. The average Bonchev–Trinajstić information content (AvgIpc) is 2.98. The number of para-hydroxylation sites is 2. The van der Waals surface area contributed by atoms with E-state index >= 15 is 0 Å². The van der Waals surface area contributed by atoms with Crippen LogP contribution >= 0.6 is 0 Å². The maximum atomic E-state index is 14.0. The number of rotatable bonds is 10. The molecule has 0 heterocycles. The molecule has 1 fully saturated rings. The largest absolute Gasteiger partial charge is 0.484 e. The molecule has 0 saturated heterocycles. The standard InChI is InChI=1S/C35H41N3O6/c1-6-38(7-2)29(40)21-44-25-18-16-24(17-19-25)30-31(33(41)36-26-14-10-8-12-22(26)3)28(39)20-35(5,43)32(30)34(42)37-27-15-11-9-13-23(27)4/h8-19,30-32,43H,6-7,20-21H2,1-5H3,(H,36,41)(H,37,42). The highest BCUT2D eigenvalue weighted by Crippen LogP contribution is 2.47. The Balaban J connectivity index is 1.71. The molecule has 1 aliphatic carbocycles. The monoisotopic (exact) mass is 599 g/mol. The van der Waals surface area contributed by atoms with Crippen LogP contribution in [-0.2, 0) is 19.2 Å². The number of carbonyl (C=O) groups is 4. The van der Waals surface area contributed by atoms with Gasteiger partial charge in [-0.3, -0.25) is 19.2 Å². The molecule has 0 radical (unpaired) electrons. The normalized spacial score (nSPS) is 21.3. The fourth-order valence-corrected chi connectivity index (χ4v) is 5.94. The van der Waals surface area contributed by atoms with Gasteiger partial charge in [-0.1, -0.05) is 48.5 Å². The van der Waals surface area contributed by atoms with Gasteiger partial charge in [-0.05, 0) is 75.6 Å². The lowest BCUT2D eigenvalue weighted by Gasteiger charge is -2.44. The topological polar surface area (TPSA) is 125 Å². The van der Waals surface area contributed by atoms with E-state index in [0.29, 0.717) is 35.8 Å². The number of benzene rings is 3. The molecule has 232 valence electrons. The maximum absolute atomic E-state index is 14.0. The van der Waals surface area contributed by atoms with Gasteiger partial charge in [0, 0.05) is 36.8 Å². The van der Waals surface area contributed by atoms with Gasteiger partial charge in [0.05, 0.1) is 11.5 Å². The van der Waals surface area contributed by atoms with Crippen LogP contribution in [0.1, 0.15) is 49.8 Å². The molecule has 4 rings (SSSR count). The first-order valence-electron chi connectivity index (χ1n) is 14.9. The summed E-state index contributed by atoms with van der Waals surface area (Å²) in [7, 11) is 0. The number of Topliss-reactive ketones (excluding diaryl/α,β-unsaturated/α-hetero) is 1. The number of anilines is 2. The Bertz CT molecular complexity index is 1510. The third-order valence-corrected chi connectivity index (χ3v) is 8.38. The molecule has 3 aromatic carbocycles. The number of amides is 3. The molecule has 3 N–H and O–H groups in total. The summed E-state index contributed by atoms with van der Waals surface area (Å²) in [6.45, 7) is 9.98. The SMILES string of the molecule is CCN(CC)C(=O)COc1ccc(C2C(C(=O)Nc3ccccc3C)C(=O)CC(C)(O)C2C(=O)Nc2ccccc2C)cc1. The van der Waals surface area contributed by atoms with Gasteiger partial charge in [0.15, 0.2) is 6.61 Å². The van der Waals surface area contributed by atoms with Crippen molar-refractivity contribution in [2.75, 3.05) is 30.3 Å². The van der Waals surface area contributed by atoms with Gasteiger partial charge in [-0.15, -0.1) is 0 Å². The van der Waals surface area contributed by atoms with Crippen LogP contribution in [0, 0.1) is 25.7 Å². The zero-order valence-corrected chi connectivity index (χ0v) is 25.9. The van der Waals surface area contributed by atoms with Gasteiger partial charge in [-0.2, -0.15) is 0 Å². The van der Waals surface area contributed by atoms with E-state index in [-0.39, 0.29) is 18.9 Å². The Morgan fingerprint density at radius 1 is 0.864 bits per heavy atom. The van der Waals surface area contributed by atoms with E-state index in [9.17, 15) is 24.3 Å². The Kier molecular flexibility index (Phi) is 10.2. The third-order valence-electron chi connectivity index (χ3n) is 8.38. The molecule has 3 amide bonds. The Hall–Kier alpha value is -4.50. The number of carbonyl (C=O) groups excluding carboxylic acids is 4. The highest BCUT2D eigenvalue weighted by Gasteiger charge is 2.56. The van der Waals surface area contributed by atoms with Crippen LogP contribution in [0.4, 0.5) is 11.4 Å². The van der Waals surface area contributed by atoms with Gasteiger partial charge >= 0.3 is 0 Å². The quantitative estimate of drug-likeness (QED) is 0.286. The molecule has 3 aromatic rings. The lowest BCUT2D eigenvalue weighted by atomic mass is 9.61. The van der Waals surface area contributed by atoms with Crippen molar-refractivity contribution in [3.8, 4) is 5.75 Å². The van der Waals surface area contributed by atoms with E-state index < -0.39 is 41.0 Å². The van der Waals surface area contributed by atoms with Crippen LogP contribution in [0.25, 0.3) is 0 Å². The average molecular weight is 600 g/mol. The number of aliphatic hydroxyl groups is 1. The van der Waals surface area contributed by atoms with E-state index in [4.69, 9.17) is 4.74 Å². The van der Waals surface area contributed by atoms with Crippen molar-refractivity contribution < 1.29 is 29.0 Å². The molecular weight excluding hydrogens is 558 g/mol. The van der Waals surface area contributed by atoms with Crippen LogP contribution in [-0.4, -0.2) is 58.8 Å². The maximum Gasteiger partial charge on any atom is 0.260 e. The Morgan fingerprint density at radius 3 is 1.91 bits per heavy atom.